The molecule has 0 saturated heterocycles. The van der Waals surface area contributed by atoms with Crippen molar-refractivity contribution in [2.75, 3.05) is 5.08 Å². The summed E-state index contributed by atoms with van der Waals surface area (Å²) < 4.78 is 35.8. The molecular weight excluding hydrogens is 347 g/mol. The molecule has 0 amide bonds. The van der Waals surface area contributed by atoms with E-state index in [1.807, 2.05) is 0 Å². The molecule has 11 heteroatoms. The maximum atomic E-state index is 12.0. The molecule has 2 heterocycles. The van der Waals surface area contributed by atoms with E-state index in [0.717, 1.165) is 12.4 Å². The van der Waals surface area contributed by atoms with Crippen molar-refractivity contribution >= 4 is 43.8 Å². The van der Waals surface area contributed by atoms with Gasteiger partial charge in [-0.1, -0.05) is 23.2 Å². The van der Waals surface area contributed by atoms with Gasteiger partial charge < -0.3 is 0 Å². The predicted octanol–water partition coefficient (Wildman–Crippen LogP) is 1.11. The van der Waals surface area contributed by atoms with Crippen LogP contribution >= 0.6 is 23.2 Å². The van der Waals surface area contributed by atoms with Gasteiger partial charge in [-0.05, 0) is 0 Å². The number of aromatic nitrogens is 4. The maximum Gasteiger partial charge on any atom is 0.248 e. The van der Waals surface area contributed by atoms with Crippen molar-refractivity contribution in [2.45, 2.75) is 10.3 Å². The largest absolute Gasteiger partial charge is 0.250 e. The number of nitrogens with zero attached hydrogens (tertiary/aromatic N) is 4. The minimum atomic E-state index is -3.93. The van der Waals surface area contributed by atoms with Crippen LogP contribution in [0.1, 0.15) is 0 Å². The molecule has 0 fully saturated rings. The fourth-order valence-corrected chi connectivity index (χ4v) is 4.06. The molecule has 0 aliphatic heterocycles. The zero-order valence-electron chi connectivity index (χ0n) is 9.60. The molecule has 1 atom stereocenters. The first kappa shape index (κ1) is 15.2. The van der Waals surface area contributed by atoms with E-state index in [2.05, 4.69) is 19.9 Å². The molecule has 20 heavy (non-hydrogen) atoms. The lowest BCUT2D eigenvalue weighted by molar-refractivity contribution is 0.590. The van der Waals surface area contributed by atoms with Crippen LogP contribution < -0.4 is 0 Å². The number of halogens is 2. The summed E-state index contributed by atoms with van der Waals surface area (Å²) in [6, 6.07) is 0. The van der Waals surface area contributed by atoms with E-state index in [-0.39, 0.29) is 15.2 Å². The van der Waals surface area contributed by atoms with Crippen LogP contribution in [0.2, 0.25) is 10.0 Å². The van der Waals surface area contributed by atoms with Crippen LogP contribution in [-0.4, -0.2) is 37.6 Å². The quantitative estimate of drug-likeness (QED) is 0.759. The van der Waals surface area contributed by atoms with Gasteiger partial charge in [0.1, 0.15) is 15.9 Å². The van der Waals surface area contributed by atoms with Gasteiger partial charge in [0.2, 0.25) is 20.2 Å². The van der Waals surface area contributed by atoms with E-state index in [4.69, 9.17) is 23.2 Å². The van der Waals surface area contributed by atoms with Crippen molar-refractivity contribution in [3.05, 3.63) is 34.8 Å². The zero-order valence-corrected chi connectivity index (χ0v) is 12.7. The highest BCUT2D eigenvalue weighted by molar-refractivity contribution is 8.05. The molecule has 1 unspecified atom stereocenters. The summed E-state index contributed by atoms with van der Waals surface area (Å²) in [7, 11) is -5.88. The standard InChI is InChI=1S/C9H6Cl2N4O3S2/c10-6-1-12-8(13-2-6)19(16)5-20(17,18)9-14-3-7(11)4-15-9/h1-4H,5H2. The molecule has 0 aliphatic carbocycles. The summed E-state index contributed by atoms with van der Waals surface area (Å²) >= 11 is 11.2. The average Bonchev–Trinajstić information content (AvgIpc) is 2.39. The lowest BCUT2D eigenvalue weighted by Crippen LogP contribution is -2.16. The Morgan fingerprint density at radius 3 is 1.90 bits per heavy atom. The molecule has 0 N–H and O–H groups in total. The fourth-order valence-electron chi connectivity index (χ4n) is 1.13. The molecule has 0 radical (unpaired) electrons. The van der Waals surface area contributed by atoms with Crippen molar-refractivity contribution in [1.29, 1.82) is 0 Å². The molecule has 7 nitrogen and oxygen atoms in total. The van der Waals surface area contributed by atoms with Crippen molar-refractivity contribution in [2.24, 2.45) is 0 Å². The fraction of sp³-hybridized carbons (Fsp3) is 0.111. The summed E-state index contributed by atoms with van der Waals surface area (Å²) in [5.41, 5.74) is 0. The first-order valence-electron chi connectivity index (χ1n) is 4.95. The summed E-state index contributed by atoms with van der Waals surface area (Å²) in [5, 5.41) is -0.854. The van der Waals surface area contributed by atoms with Gasteiger partial charge in [0, 0.05) is 0 Å². The Morgan fingerprint density at radius 2 is 1.40 bits per heavy atom. The normalized spacial score (nSPS) is 13.1. The third kappa shape index (κ3) is 3.69. The third-order valence-corrected chi connectivity index (χ3v) is 5.81. The summed E-state index contributed by atoms with van der Waals surface area (Å²) in [6.45, 7) is 0. The second-order valence-electron chi connectivity index (χ2n) is 3.45. The van der Waals surface area contributed by atoms with Crippen molar-refractivity contribution in [3.8, 4) is 0 Å². The Balaban J connectivity index is 2.22. The first-order chi connectivity index (χ1) is 9.38. The van der Waals surface area contributed by atoms with Gasteiger partial charge in [-0.15, -0.1) is 0 Å². The topological polar surface area (TPSA) is 103 Å². The van der Waals surface area contributed by atoms with Gasteiger partial charge in [0.25, 0.3) is 0 Å². The maximum absolute atomic E-state index is 12.0. The van der Waals surface area contributed by atoms with Crippen LogP contribution in [0.25, 0.3) is 0 Å². The molecule has 0 aromatic carbocycles. The van der Waals surface area contributed by atoms with Crippen LogP contribution in [0.5, 0.6) is 0 Å². The molecular formula is C9H6Cl2N4O3S2. The average molecular weight is 353 g/mol. The van der Waals surface area contributed by atoms with Crippen LogP contribution in [0, 0.1) is 0 Å². The van der Waals surface area contributed by atoms with E-state index in [1.54, 1.807) is 0 Å². The van der Waals surface area contributed by atoms with Crippen molar-refractivity contribution < 1.29 is 12.6 Å². The van der Waals surface area contributed by atoms with Crippen LogP contribution in [-0.2, 0) is 20.6 Å². The van der Waals surface area contributed by atoms with Crippen LogP contribution in [0.3, 0.4) is 0 Å². The lowest BCUT2D eigenvalue weighted by atomic mass is 10.7. The third-order valence-electron chi connectivity index (χ3n) is 1.94. The SMILES string of the molecule is O=S(CS(=O)(=O)c1ncc(Cl)cn1)c1ncc(Cl)cn1. The lowest BCUT2D eigenvalue weighted by Gasteiger charge is -2.02. The smallest absolute Gasteiger partial charge is 0.248 e. The van der Waals surface area contributed by atoms with Gasteiger partial charge in [-0.2, -0.15) is 0 Å². The summed E-state index contributed by atoms with van der Waals surface area (Å²) in [6.07, 6.45) is 4.74. The highest BCUT2D eigenvalue weighted by Crippen LogP contribution is 2.12. The minimum absolute atomic E-state index is 0.132. The molecule has 106 valence electrons. The zero-order chi connectivity index (χ0) is 14.8. The van der Waals surface area contributed by atoms with E-state index >= 15 is 0 Å². The van der Waals surface area contributed by atoms with Gasteiger partial charge in [-0.3, -0.25) is 4.21 Å². The summed E-state index contributed by atoms with van der Waals surface area (Å²) in [4.78, 5) is 14.6. The second-order valence-corrected chi connectivity index (χ2v) is 7.91. The highest BCUT2D eigenvalue weighted by atomic mass is 35.5. The Hall–Kier alpha value is -1.16. The Kier molecular flexibility index (Phi) is 4.63. The van der Waals surface area contributed by atoms with Gasteiger partial charge in [-0.25, -0.2) is 28.4 Å². The molecule has 0 bridgehead atoms. The van der Waals surface area contributed by atoms with Gasteiger partial charge in [0.05, 0.1) is 34.8 Å². The first-order valence-corrected chi connectivity index (χ1v) is 8.67. The molecule has 0 spiro atoms. The van der Waals surface area contributed by atoms with E-state index < -0.39 is 30.9 Å². The minimum Gasteiger partial charge on any atom is -0.250 e. The van der Waals surface area contributed by atoms with Crippen LogP contribution in [0.15, 0.2) is 35.1 Å². The predicted molar refractivity (Wildman–Crippen MR) is 72.5 cm³/mol. The Labute approximate surface area is 126 Å². The highest BCUT2D eigenvalue weighted by Gasteiger charge is 2.23. The van der Waals surface area contributed by atoms with Gasteiger partial charge in [0.15, 0.2) is 0 Å². The number of rotatable bonds is 4. The molecule has 0 saturated carbocycles. The molecule has 0 aliphatic rings. The summed E-state index contributed by atoms with van der Waals surface area (Å²) in [5.74, 6) is 0. The number of hydrogen-bond acceptors (Lipinski definition) is 7. The monoisotopic (exact) mass is 352 g/mol. The molecule has 2 aromatic rings. The molecule has 2 aromatic heterocycles. The van der Waals surface area contributed by atoms with Gasteiger partial charge >= 0.3 is 0 Å². The number of hydrogen-bond donors (Lipinski definition) is 0. The van der Waals surface area contributed by atoms with Crippen molar-refractivity contribution in [1.82, 2.24) is 19.9 Å². The Morgan fingerprint density at radius 1 is 0.950 bits per heavy atom. The van der Waals surface area contributed by atoms with E-state index in [9.17, 15) is 12.6 Å². The van der Waals surface area contributed by atoms with Crippen molar-refractivity contribution in [3.63, 3.8) is 0 Å². The number of sulfone groups is 1. The Bertz CT molecular complexity index is 735. The van der Waals surface area contributed by atoms with E-state index in [0.29, 0.717) is 0 Å². The molecule has 2 rings (SSSR count). The second kappa shape index (κ2) is 6.08. The van der Waals surface area contributed by atoms with Crippen LogP contribution in [0.4, 0.5) is 0 Å². The van der Waals surface area contributed by atoms with E-state index in [1.165, 1.54) is 12.4 Å².